The van der Waals surface area contributed by atoms with Crippen LogP contribution in [0.25, 0.3) is 27.5 Å². The molecule has 0 fully saturated rings. The van der Waals surface area contributed by atoms with Gasteiger partial charge in [-0.3, -0.25) is 0 Å². The molecule has 1 heterocycles. The fraction of sp³-hybridized carbons (Fsp3) is 0. The van der Waals surface area contributed by atoms with E-state index < -0.39 is 102 Å². The maximum Gasteiger partial charge on any atom is 0.490 e. The molecule has 0 aliphatic carbocycles. The van der Waals surface area contributed by atoms with Crippen molar-refractivity contribution in [3.05, 3.63) is 72.5 Å². The van der Waals surface area contributed by atoms with Gasteiger partial charge in [-0.2, -0.15) is 0 Å². The Morgan fingerprint density at radius 1 is 0.727 bits per heavy atom. The standard InChI is InChI=1S/C18H14BNO2/c21-19(22)15-9-3-6-12-18(15)20-16-10-4-1-7-13(16)14-8-2-5-11-17(14)20/h1-12,21-22H/i1D,2D,3D,4D,5D,6D,7D,8D,9D,10D,11D,12D. The van der Waals surface area contributed by atoms with Crippen LogP contribution in [0.4, 0.5) is 0 Å². The molecule has 3 nitrogen and oxygen atoms in total. The van der Waals surface area contributed by atoms with E-state index in [1.807, 2.05) is 0 Å². The maximum atomic E-state index is 10.0. The predicted molar refractivity (Wildman–Crippen MR) is 90.6 cm³/mol. The molecule has 0 spiro atoms. The minimum atomic E-state index is -2.45. The lowest BCUT2D eigenvalue weighted by Gasteiger charge is -2.12. The Labute approximate surface area is 145 Å². The Hall–Kier alpha value is -2.56. The second kappa shape index (κ2) is 5.02. The summed E-state index contributed by atoms with van der Waals surface area (Å²) in [6.07, 6.45) is 0. The number of benzene rings is 3. The monoisotopic (exact) mass is 299 g/mol. The van der Waals surface area contributed by atoms with E-state index in [0.29, 0.717) is 0 Å². The van der Waals surface area contributed by atoms with Gasteiger partial charge in [0, 0.05) is 21.9 Å². The van der Waals surface area contributed by atoms with Gasteiger partial charge in [-0.25, -0.2) is 0 Å². The fourth-order valence-electron chi connectivity index (χ4n) is 2.32. The molecule has 106 valence electrons. The lowest BCUT2D eigenvalue weighted by Crippen LogP contribution is -2.33. The Bertz CT molecular complexity index is 1490. The summed E-state index contributed by atoms with van der Waals surface area (Å²) in [6, 6.07) is -8.64. The van der Waals surface area contributed by atoms with E-state index >= 15 is 0 Å². The van der Waals surface area contributed by atoms with Crippen molar-refractivity contribution in [3.63, 3.8) is 0 Å². The number of nitrogens with zero attached hydrogens (tertiary/aromatic N) is 1. The van der Waals surface area contributed by atoms with E-state index in [0.717, 1.165) is 4.57 Å². The fourth-order valence-corrected chi connectivity index (χ4v) is 2.32. The van der Waals surface area contributed by atoms with Crippen molar-refractivity contribution in [2.45, 2.75) is 0 Å². The van der Waals surface area contributed by atoms with Gasteiger partial charge in [0.15, 0.2) is 0 Å². The zero-order chi connectivity index (χ0) is 25.5. The SMILES string of the molecule is [2H]c1c([2H])c([2H])c(-n2c3c([2H])c([2H])c([2H])c([2H])c3c3c([2H])c([2H])c([2H])c([2H])c32)c(B(O)O)c1[2H]. The molecule has 4 heteroatoms. The van der Waals surface area contributed by atoms with E-state index in [4.69, 9.17) is 16.4 Å². The van der Waals surface area contributed by atoms with Crippen molar-refractivity contribution < 1.29 is 26.5 Å². The average Bonchev–Trinajstić information content (AvgIpc) is 3.15. The van der Waals surface area contributed by atoms with Crippen molar-refractivity contribution in [1.29, 1.82) is 0 Å². The Morgan fingerprint density at radius 2 is 1.23 bits per heavy atom. The van der Waals surface area contributed by atoms with Crippen LogP contribution in [0.5, 0.6) is 0 Å². The van der Waals surface area contributed by atoms with Crippen molar-refractivity contribution in [2.75, 3.05) is 0 Å². The highest BCUT2D eigenvalue weighted by atomic mass is 16.4. The van der Waals surface area contributed by atoms with Crippen LogP contribution in [-0.4, -0.2) is 21.7 Å². The smallest absolute Gasteiger partial charge is 0.423 e. The van der Waals surface area contributed by atoms with Crippen LogP contribution in [0.3, 0.4) is 0 Å². The van der Waals surface area contributed by atoms with Gasteiger partial charge in [0.25, 0.3) is 0 Å². The first-order chi connectivity index (χ1) is 15.7. The Balaban J connectivity index is 2.51. The average molecular weight is 299 g/mol. The van der Waals surface area contributed by atoms with Crippen LogP contribution in [0.1, 0.15) is 16.4 Å². The van der Waals surface area contributed by atoms with E-state index in [-0.39, 0.29) is 10.8 Å². The molecule has 0 bridgehead atoms. The summed E-state index contributed by atoms with van der Waals surface area (Å²) in [5, 5.41) is 19.4. The minimum absolute atomic E-state index is 0.307. The van der Waals surface area contributed by atoms with Crippen molar-refractivity contribution in [2.24, 2.45) is 0 Å². The molecule has 0 saturated carbocycles. The molecule has 22 heavy (non-hydrogen) atoms. The van der Waals surface area contributed by atoms with Crippen molar-refractivity contribution >= 4 is 34.4 Å². The summed E-state index contributed by atoms with van der Waals surface area (Å²) in [5.74, 6) is 0. The molecule has 0 aliphatic rings. The van der Waals surface area contributed by atoms with E-state index in [1.165, 1.54) is 0 Å². The van der Waals surface area contributed by atoms with Gasteiger partial charge in [0.1, 0.15) is 0 Å². The van der Waals surface area contributed by atoms with E-state index in [2.05, 4.69) is 0 Å². The molecule has 0 saturated heterocycles. The van der Waals surface area contributed by atoms with Gasteiger partial charge >= 0.3 is 7.12 Å². The van der Waals surface area contributed by atoms with Crippen LogP contribution in [-0.2, 0) is 0 Å². The highest BCUT2D eigenvalue weighted by Gasteiger charge is 2.19. The van der Waals surface area contributed by atoms with Gasteiger partial charge in [0.05, 0.1) is 27.5 Å². The zero-order valence-electron chi connectivity index (χ0n) is 22.9. The summed E-state index contributed by atoms with van der Waals surface area (Å²) in [7, 11) is -2.45. The van der Waals surface area contributed by atoms with Gasteiger partial charge in [0.2, 0.25) is 0 Å². The Kier molecular flexibility index (Phi) is 1.27. The second-order valence-corrected chi connectivity index (χ2v) is 4.42. The van der Waals surface area contributed by atoms with Gasteiger partial charge in [-0.15, -0.1) is 0 Å². The highest BCUT2D eigenvalue weighted by Crippen LogP contribution is 2.31. The first kappa shape index (κ1) is 5.58. The lowest BCUT2D eigenvalue weighted by molar-refractivity contribution is 0.425. The first-order valence-electron chi connectivity index (χ1n) is 12.2. The minimum Gasteiger partial charge on any atom is -0.423 e. The van der Waals surface area contributed by atoms with Crippen molar-refractivity contribution in [3.8, 4) is 5.69 Å². The van der Waals surface area contributed by atoms with Crippen LogP contribution >= 0.6 is 0 Å². The number of rotatable bonds is 2. The predicted octanol–water partition coefficient (Wildman–Crippen LogP) is 2.46. The van der Waals surface area contributed by atoms with Crippen LogP contribution < -0.4 is 5.46 Å². The number of para-hydroxylation sites is 3. The van der Waals surface area contributed by atoms with E-state index in [9.17, 15) is 10.0 Å². The normalized spacial score (nSPS) is 18.8. The summed E-state index contributed by atoms with van der Waals surface area (Å²) in [4.78, 5) is 0. The number of aromatic nitrogens is 1. The zero-order valence-corrected chi connectivity index (χ0v) is 10.9. The molecule has 0 atom stereocenters. The van der Waals surface area contributed by atoms with Crippen LogP contribution in [0.15, 0.2) is 72.5 Å². The first-order valence-corrected chi connectivity index (χ1v) is 6.23. The molecular formula is C18H14BNO2. The summed E-state index contributed by atoms with van der Waals surface area (Å²) >= 11 is 0. The second-order valence-electron chi connectivity index (χ2n) is 4.42. The van der Waals surface area contributed by atoms with Crippen LogP contribution in [0, 0.1) is 0 Å². The largest absolute Gasteiger partial charge is 0.490 e. The topological polar surface area (TPSA) is 45.4 Å². The summed E-state index contributed by atoms with van der Waals surface area (Å²) < 4.78 is 99.2. The molecule has 1 aromatic heterocycles. The van der Waals surface area contributed by atoms with Gasteiger partial charge in [-0.05, 0) is 18.1 Å². The lowest BCUT2D eigenvalue weighted by atomic mass is 9.79. The quantitative estimate of drug-likeness (QED) is 0.559. The molecule has 0 amide bonds. The molecule has 2 N–H and O–H groups in total. The van der Waals surface area contributed by atoms with Gasteiger partial charge in [-0.1, -0.05) is 54.4 Å². The van der Waals surface area contributed by atoms with Crippen molar-refractivity contribution in [1.82, 2.24) is 4.57 Å². The third-order valence-electron chi connectivity index (χ3n) is 3.21. The Morgan fingerprint density at radius 3 is 1.82 bits per heavy atom. The molecule has 0 aliphatic heterocycles. The molecule has 0 radical (unpaired) electrons. The summed E-state index contributed by atoms with van der Waals surface area (Å²) in [6.45, 7) is 0. The maximum absolute atomic E-state index is 10.0. The third kappa shape index (κ3) is 1.85. The van der Waals surface area contributed by atoms with Gasteiger partial charge < -0.3 is 14.6 Å². The molecule has 4 aromatic rings. The van der Waals surface area contributed by atoms with E-state index in [1.54, 1.807) is 0 Å². The molecule has 0 unspecified atom stereocenters. The molecule has 4 rings (SSSR count). The third-order valence-corrected chi connectivity index (χ3v) is 3.21. The number of hydrogen-bond donors (Lipinski definition) is 2. The number of hydrogen-bond acceptors (Lipinski definition) is 2. The number of fused-ring (bicyclic) bond motifs is 3. The molecule has 3 aromatic carbocycles. The highest BCUT2D eigenvalue weighted by molar-refractivity contribution is 6.60. The van der Waals surface area contributed by atoms with Crippen LogP contribution in [0.2, 0.25) is 0 Å². The summed E-state index contributed by atoms with van der Waals surface area (Å²) in [5.41, 5.74) is -2.15. The molecular weight excluding hydrogens is 273 g/mol.